The minimum Gasteiger partial charge on any atom is -0.409 e. The summed E-state index contributed by atoms with van der Waals surface area (Å²) in [5.74, 6) is 0.341. The normalized spacial score (nSPS) is 29.8. The molecular formula is C12H24N4O. The molecule has 0 saturated carbocycles. The molecule has 2 unspecified atom stereocenters. The van der Waals surface area contributed by atoms with E-state index in [1.165, 1.54) is 32.4 Å². The van der Waals surface area contributed by atoms with Crippen LogP contribution in [0.5, 0.6) is 0 Å². The van der Waals surface area contributed by atoms with Crippen molar-refractivity contribution in [2.24, 2.45) is 10.9 Å². The van der Waals surface area contributed by atoms with E-state index in [9.17, 15) is 0 Å². The Morgan fingerprint density at radius 2 is 2.24 bits per heavy atom. The number of hydrogen-bond donors (Lipinski definition) is 3. The SMILES string of the molecule is NC(CCCCNC1CCN2CCCC12)=NO. The third-order valence-corrected chi connectivity index (χ3v) is 4.00. The number of unbranched alkanes of at least 4 members (excludes halogenated alkanes) is 1. The van der Waals surface area contributed by atoms with E-state index in [0.717, 1.165) is 25.4 Å². The van der Waals surface area contributed by atoms with Crippen LogP contribution in [-0.4, -0.2) is 47.7 Å². The summed E-state index contributed by atoms with van der Waals surface area (Å²) < 4.78 is 0. The Morgan fingerprint density at radius 3 is 3.06 bits per heavy atom. The molecule has 2 rings (SSSR count). The molecule has 2 aliphatic rings. The third-order valence-electron chi connectivity index (χ3n) is 4.00. The highest BCUT2D eigenvalue weighted by Crippen LogP contribution is 2.27. The smallest absolute Gasteiger partial charge is 0.139 e. The van der Waals surface area contributed by atoms with Crippen molar-refractivity contribution >= 4 is 5.84 Å². The molecule has 0 aromatic rings. The number of oxime groups is 1. The molecule has 2 aliphatic heterocycles. The van der Waals surface area contributed by atoms with Gasteiger partial charge >= 0.3 is 0 Å². The first-order chi connectivity index (χ1) is 8.31. The summed E-state index contributed by atoms with van der Waals surface area (Å²) >= 11 is 0. The fraction of sp³-hybridized carbons (Fsp3) is 0.917. The van der Waals surface area contributed by atoms with E-state index < -0.39 is 0 Å². The van der Waals surface area contributed by atoms with Gasteiger partial charge in [0.25, 0.3) is 0 Å². The molecule has 5 heteroatoms. The Labute approximate surface area is 103 Å². The lowest BCUT2D eigenvalue weighted by atomic mass is 10.1. The molecule has 0 radical (unpaired) electrons. The van der Waals surface area contributed by atoms with Crippen LogP contribution in [-0.2, 0) is 0 Å². The van der Waals surface area contributed by atoms with Crippen LogP contribution in [0.3, 0.4) is 0 Å². The van der Waals surface area contributed by atoms with Crippen LogP contribution in [0, 0.1) is 0 Å². The zero-order chi connectivity index (χ0) is 12.1. The van der Waals surface area contributed by atoms with Gasteiger partial charge in [-0.05, 0) is 45.2 Å². The molecule has 5 nitrogen and oxygen atoms in total. The number of nitrogens with one attached hydrogen (secondary N) is 1. The largest absolute Gasteiger partial charge is 0.409 e. The van der Waals surface area contributed by atoms with E-state index in [1.807, 2.05) is 0 Å². The number of nitrogens with two attached hydrogens (primary N) is 1. The Hall–Kier alpha value is -0.810. The number of amidine groups is 1. The lowest BCUT2D eigenvalue weighted by molar-refractivity contribution is 0.298. The molecule has 17 heavy (non-hydrogen) atoms. The molecule has 0 amide bonds. The van der Waals surface area contributed by atoms with Gasteiger partial charge in [-0.25, -0.2) is 0 Å². The average molecular weight is 240 g/mol. The third kappa shape index (κ3) is 3.33. The second kappa shape index (κ2) is 6.21. The first-order valence-corrected chi connectivity index (χ1v) is 6.75. The standard InChI is InChI=1S/C12H24N4O/c13-12(15-17)5-1-2-7-14-10-6-9-16-8-3-4-11(10)16/h10-11,14,17H,1-9H2,(H2,13,15). The maximum Gasteiger partial charge on any atom is 0.139 e. The van der Waals surface area contributed by atoms with Crippen molar-refractivity contribution in [3.8, 4) is 0 Å². The number of rotatable bonds is 6. The summed E-state index contributed by atoms with van der Waals surface area (Å²) in [5.41, 5.74) is 5.42. The first-order valence-electron chi connectivity index (χ1n) is 6.75. The predicted octanol–water partition coefficient (Wildman–Crippen LogP) is 0.729. The summed E-state index contributed by atoms with van der Waals surface area (Å²) in [5, 5.41) is 15.0. The highest BCUT2D eigenvalue weighted by Gasteiger charge is 2.36. The summed E-state index contributed by atoms with van der Waals surface area (Å²) in [7, 11) is 0. The fourth-order valence-electron chi connectivity index (χ4n) is 3.09. The summed E-state index contributed by atoms with van der Waals surface area (Å²) in [6.07, 6.45) is 6.81. The quantitative estimate of drug-likeness (QED) is 0.210. The van der Waals surface area contributed by atoms with Gasteiger partial charge < -0.3 is 16.3 Å². The zero-order valence-corrected chi connectivity index (χ0v) is 10.4. The highest BCUT2D eigenvalue weighted by atomic mass is 16.4. The van der Waals surface area contributed by atoms with E-state index >= 15 is 0 Å². The van der Waals surface area contributed by atoms with E-state index in [0.29, 0.717) is 18.3 Å². The Bertz CT molecular complexity index is 269. The van der Waals surface area contributed by atoms with Crippen LogP contribution < -0.4 is 11.1 Å². The van der Waals surface area contributed by atoms with Gasteiger partial charge in [0.2, 0.25) is 0 Å². The molecule has 2 saturated heterocycles. The van der Waals surface area contributed by atoms with Gasteiger partial charge in [-0.2, -0.15) is 0 Å². The minimum atomic E-state index is 0.341. The van der Waals surface area contributed by atoms with Gasteiger partial charge in [0.1, 0.15) is 5.84 Å². The van der Waals surface area contributed by atoms with Crippen molar-refractivity contribution in [1.82, 2.24) is 10.2 Å². The number of nitrogens with zero attached hydrogens (tertiary/aromatic N) is 2. The van der Waals surface area contributed by atoms with Gasteiger partial charge in [0, 0.05) is 25.0 Å². The average Bonchev–Trinajstić information content (AvgIpc) is 2.92. The molecule has 0 aromatic heterocycles. The van der Waals surface area contributed by atoms with E-state index in [-0.39, 0.29) is 0 Å². The van der Waals surface area contributed by atoms with Gasteiger partial charge in [-0.15, -0.1) is 0 Å². The van der Waals surface area contributed by atoms with Crippen molar-refractivity contribution < 1.29 is 5.21 Å². The Balaban J connectivity index is 1.56. The molecule has 2 atom stereocenters. The van der Waals surface area contributed by atoms with E-state index in [2.05, 4.69) is 15.4 Å². The molecule has 4 N–H and O–H groups in total. The molecule has 0 aliphatic carbocycles. The Morgan fingerprint density at radius 1 is 1.35 bits per heavy atom. The molecule has 0 aromatic carbocycles. The van der Waals surface area contributed by atoms with Crippen LogP contribution >= 0.6 is 0 Å². The predicted molar refractivity (Wildman–Crippen MR) is 68.3 cm³/mol. The zero-order valence-electron chi connectivity index (χ0n) is 10.4. The summed E-state index contributed by atoms with van der Waals surface area (Å²) in [4.78, 5) is 2.62. The molecule has 2 heterocycles. The van der Waals surface area contributed by atoms with Crippen LogP contribution in [0.1, 0.15) is 38.5 Å². The topological polar surface area (TPSA) is 73.9 Å². The van der Waals surface area contributed by atoms with Gasteiger partial charge in [-0.1, -0.05) is 5.16 Å². The highest BCUT2D eigenvalue weighted by molar-refractivity contribution is 5.79. The van der Waals surface area contributed by atoms with E-state index in [4.69, 9.17) is 10.9 Å². The van der Waals surface area contributed by atoms with Crippen LogP contribution in [0.25, 0.3) is 0 Å². The minimum absolute atomic E-state index is 0.341. The maximum absolute atomic E-state index is 8.41. The van der Waals surface area contributed by atoms with Crippen molar-refractivity contribution in [3.63, 3.8) is 0 Å². The number of fused-ring (bicyclic) bond motifs is 1. The first kappa shape index (κ1) is 12.6. The lowest BCUT2D eigenvalue weighted by Crippen LogP contribution is -2.39. The monoisotopic (exact) mass is 240 g/mol. The molecule has 0 bridgehead atoms. The summed E-state index contributed by atoms with van der Waals surface area (Å²) in [6.45, 7) is 3.62. The van der Waals surface area contributed by atoms with Crippen LogP contribution in [0.4, 0.5) is 0 Å². The van der Waals surface area contributed by atoms with Crippen molar-refractivity contribution in [2.45, 2.75) is 50.6 Å². The number of hydrogen-bond acceptors (Lipinski definition) is 4. The van der Waals surface area contributed by atoms with Crippen molar-refractivity contribution in [3.05, 3.63) is 0 Å². The van der Waals surface area contributed by atoms with Gasteiger partial charge in [-0.3, -0.25) is 4.90 Å². The second-order valence-corrected chi connectivity index (χ2v) is 5.14. The van der Waals surface area contributed by atoms with Crippen molar-refractivity contribution in [2.75, 3.05) is 19.6 Å². The molecular weight excluding hydrogens is 216 g/mol. The van der Waals surface area contributed by atoms with Crippen molar-refractivity contribution in [1.29, 1.82) is 0 Å². The van der Waals surface area contributed by atoms with Crippen LogP contribution in [0.2, 0.25) is 0 Å². The summed E-state index contributed by atoms with van der Waals surface area (Å²) in [6, 6.07) is 1.49. The molecule has 98 valence electrons. The maximum atomic E-state index is 8.41. The second-order valence-electron chi connectivity index (χ2n) is 5.14. The van der Waals surface area contributed by atoms with E-state index in [1.54, 1.807) is 0 Å². The fourth-order valence-corrected chi connectivity index (χ4v) is 3.09. The van der Waals surface area contributed by atoms with Gasteiger partial charge in [0.05, 0.1) is 0 Å². The lowest BCUT2D eigenvalue weighted by Gasteiger charge is -2.21. The van der Waals surface area contributed by atoms with Gasteiger partial charge in [0.15, 0.2) is 0 Å². The van der Waals surface area contributed by atoms with Crippen LogP contribution in [0.15, 0.2) is 5.16 Å². The molecule has 2 fully saturated rings. The molecule has 0 spiro atoms. The Kier molecular flexibility index (Phi) is 4.62.